The van der Waals surface area contributed by atoms with E-state index in [0.29, 0.717) is 18.1 Å². The zero-order valence-electron chi connectivity index (χ0n) is 10.5. The summed E-state index contributed by atoms with van der Waals surface area (Å²) in [5.41, 5.74) is 5.46. The lowest BCUT2D eigenvalue weighted by Crippen LogP contribution is -2.40. The van der Waals surface area contributed by atoms with E-state index in [2.05, 4.69) is 0 Å². The molecule has 0 bridgehead atoms. The van der Waals surface area contributed by atoms with E-state index in [0.717, 1.165) is 25.7 Å². The second-order valence-corrected chi connectivity index (χ2v) is 4.63. The minimum Gasteiger partial charge on any atom is -0.455 e. The van der Waals surface area contributed by atoms with Crippen LogP contribution in [0.2, 0.25) is 0 Å². The van der Waals surface area contributed by atoms with Gasteiger partial charge < -0.3 is 20.2 Å². The molecule has 0 atom stereocenters. The van der Waals surface area contributed by atoms with Gasteiger partial charge in [-0.2, -0.15) is 0 Å². The summed E-state index contributed by atoms with van der Waals surface area (Å²) in [7, 11) is 0. The molecule has 5 nitrogen and oxygen atoms in total. The van der Waals surface area contributed by atoms with Gasteiger partial charge in [-0.05, 0) is 25.0 Å². The van der Waals surface area contributed by atoms with Crippen LogP contribution in [-0.2, 0) is 6.54 Å². The highest BCUT2D eigenvalue weighted by molar-refractivity contribution is 5.91. The topological polar surface area (TPSA) is 79.7 Å². The first-order valence-corrected chi connectivity index (χ1v) is 6.47. The molecule has 1 saturated carbocycles. The Balaban J connectivity index is 2.11. The molecule has 1 amide bonds. The average molecular weight is 252 g/mol. The van der Waals surface area contributed by atoms with E-state index in [1.807, 2.05) is 0 Å². The first kappa shape index (κ1) is 13.1. The number of nitrogens with two attached hydrogens (primary N) is 1. The minimum absolute atomic E-state index is 0.0211. The summed E-state index contributed by atoms with van der Waals surface area (Å²) in [4.78, 5) is 14.1. The highest BCUT2D eigenvalue weighted by Crippen LogP contribution is 2.25. The maximum absolute atomic E-state index is 12.3. The molecule has 0 unspecified atom stereocenters. The molecule has 3 N–H and O–H groups in total. The van der Waals surface area contributed by atoms with Gasteiger partial charge in [0.25, 0.3) is 5.91 Å². The van der Waals surface area contributed by atoms with Gasteiger partial charge in [-0.3, -0.25) is 4.79 Å². The monoisotopic (exact) mass is 252 g/mol. The van der Waals surface area contributed by atoms with Gasteiger partial charge in [0, 0.05) is 12.6 Å². The maximum Gasteiger partial charge on any atom is 0.289 e. The fourth-order valence-corrected chi connectivity index (χ4v) is 2.52. The molecule has 1 aromatic heterocycles. The zero-order valence-corrected chi connectivity index (χ0v) is 10.5. The summed E-state index contributed by atoms with van der Waals surface area (Å²) in [6.45, 7) is 0.631. The van der Waals surface area contributed by atoms with E-state index in [1.165, 1.54) is 0 Å². The number of nitrogens with zero attached hydrogens (tertiary/aromatic N) is 1. The summed E-state index contributed by atoms with van der Waals surface area (Å²) in [6.07, 6.45) is 4.31. The molecule has 0 saturated heterocycles. The number of furan rings is 1. The van der Waals surface area contributed by atoms with Crippen LogP contribution in [0, 0.1) is 0 Å². The van der Waals surface area contributed by atoms with Gasteiger partial charge in [0.2, 0.25) is 0 Å². The fraction of sp³-hybridized carbons (Fsp3) is 0.615. The number of hydrogen-bond donors (Lipinski definition) is 2. The van der Waals surface area contributed by atoms with Crippen molar-refractivity contribution < 1.29 is 14.3 Å². The molecule has 2 rings (SSSR count). The Morgan fingerprint density at radius 3 is 2.72 bits per heavy atom. The average Bonchev–Trinajstić information content (AvgIpc) is 3.05. The molecule has 0 spiro atoms. The summed E-state index contributed by atoms with van der Waals surface area (Å²) in [6, 6.07) is 3.61. The summed E-state index contributed by atoms with van der Waals surface area (Å²) in [5.74, 6) is 0.778. The third-order valence-electron chi connectivity index (χ3n) is 3.44. The first-order chi connectivity index (χ1) is 8.76. The molecule has 0 aromatic carbocycles. The molecule has 1 aliphatic rings. The Kier molecular flexibility index (Phi) is 4.38. The van der Waals surface area contributed by atoms with E-state index in [1.54, 1.807) is 17.0 Å². The Morgan fingerprint density at radius 2 is 2.17 bits per heavy atom. The van der Waals surface area contributed by atoms with Crippen molar-refractivity contribution in [3.05, 3.63) is 23.7 Å². The lowest BCUT2D eigenvalue weighted by Gasteiger charge is -2.27. The molecule has 0 radical (unpaired) electrons. The summed E-state index contributed by atoms with van der Waals surface area (Å²) < 4.78 is 5.38. The third kappa shape index (κ3) is 2.73. The van der Waals surface area contributed by atoms with Gasteiger partial charge in [0.1, 0.15) is 5.76 Å². The summed E-state index contributed by atoms with van der Waals surface area (Å²) >= 11 is 0. The van der Waals surface area contributed by atoms with Crippen LogP contribution in [0.25, 0.3) is 0 Å². The van der Waals surface area contributed by atoms with Gasteiger partial charge in [-0.15, -0.1) is 0 Å². The van der Waals surface area contributed by atoms with E-state index < -0.39 is 0 Å². The van der Waals surface area contributed by atoms with Crippen LogP contribution in [0.15, 0.2) is 16.5 Å². The zero-order chi connectivity index (χ0) is 13.0. The van der Waals surface area contributed by atoms with Crippen LogP contribution < -0.4 is 5.73 Å². The molecule has 1 heterocycles. The van der Waals surface area contributed by atoms with Crippen LogP contribution in [0.1, 0.15) is 42.0 Å². The quantitative estimate of drug-likeness (QED) is 0.823. The van der Waals surface area contributed by atoms with Crippen LogP contribution >= 0.6 is 0 Å². The summed E-state index contributed by atoms with van der Waals surface area (Å²) in [5, 5.41) is 9.10. The third-order valence-corrected chi connectivity index (χ3v) is 3.44. The molecular weight excluding hydrogens is 232 g/mol. The van der Waals surface area contributed by atoms with E-state index in [4.69, 9.17) is 15.3 Å². The number of aliphatic hydroxyl groups excluding tert-OH is 1. The van der Waals surface area contributed by atoms with Crippen molar-refractivity contribution >= 4 is 5.91 Å². The van der Waals surface area contributed by atoms with Crippen LogP contribution in [0.4, 0.5) is 0 Å². The van der Waals surface area contributed by atoms with E-state index in [9.17, 15) is 4.79 Å². The standard InChI is InChI=1S/C13H20N2O3/c14-9-11-5-6-12(18-11)13(17)15(7-8-16)10-3-1-2-4-10/h5-6,10,16H,1-4,7-9,14H2. The number of rotatable bonds is 5. The van der Waals surface area contributed by atoms with Gasteiger partial charge in [-0.25, -0.2) is 0 Å². The van der Waals surface area contributed by atoms with Crippen molar-refractivity contribution in [2.75, 3.05) is 13.2 Å². The predicted octanol–water partition coefficient (Wildman–Crippen LogP) is 1.12. The predicted molar refractivity (Wildman–Crippen MR) is 67.0 cm³/mol. The smallest absolute Gasteiger partial charge is 0.289 e. The Morgan fingerprint density at radius 1 is 1.44 bits per heavy atom. The lowest BCUT2D eigenvalue weighted by atomic mass is 10.2. The number of carbonyl (C=O) groups is 1. The van der Waals surface area contributed by atoms with Gasteiger partial charge in [0.05, 0.1) is 13.2 Å². The Labute approximate surface area is 107 Å². The minimum atomic E-state index is -0.143. The number of amides is 1. The normalized spacial score (nSPS) is 16.1. The van der Waals surface area contributed by atoms with Gasteiger partial charge >= 0.3 is 0 Å². The highest BCUT2D eigenvalue weighted by atomic mass is 16.4. The fourth-order valence-electron chi connectivity index (χ4n) is 2.52. The molecule has 18 heavy (non-hydrogen) atoms. The maximum atomic E-state index is 12.3. The van der Waals surface area contributed by atoms with Gasteiger partial charge in [0.15, 0.2) is 5.76 Å². The molecule has 1 fully saturated rings. The highest BCUT2D eigenvalue weighted by Gasteiger charge is 2.28. The molecule has 0 aliphatic heterocycles. The van der Waals surface area contributed by atoms with Crippen molar-refractivity contribution in [2.24, 2.45) is 5.73 Å². The van der Waals surface area contributed by atoms with Crippen LogP contribution in [0.3, 0.4) is 0 Å². The van der Waals surface area contributed by atoms with Crippen molar-refractivity contribution in [1.82, 2.24) is 4.90 Å². The molecule has 1 aliphatic carbocycles. The number of carbonyl (C=O) groups excluding carboxylic acids is 1. The largest absolute Gasteiger partial charge is 0.455 e. The second-order valence-electron chi connectivity index (χ2n) is 4.63. The Hall–Kier alpha value is -1.33. The Bertz CT molecular complexity index is 397. The number of hydrogen-bond acceptors (Lipinski definition) is 4. The van der Waals surface area contributed by atoms with Crippen molar-refractivity contribution in [1.29, 1.82) is 0 Å². The molecule has 1 aromatic rings. The van der Waals surface area contributed by atoms with Crippen LogP contribution in [-0.4, -0.2) is 35.1 Å². The second kappa shape index (κ2) is 6.02. The van der Waals surface area contributed by atoms with E-state index >= 15 is 0 Å². The van der Waals surface area contributed by atoms with E-state index in [-0.39, 0.29) is 25.1 Å². The van der Waals surface area contributed by atoms with Crippen molar-refractivity contribution in [3.8, 4) is 0 Å². The SMILES string of the molecule is NCc1ccc(C(=O)N(CCO)C2CCCC2)o1. The molecule has 5 heteroatoms. The van der Waals surface area contributed by atoms with Crippen LogP contribution in [0.5, 0.6) is 0 Å². The lowest BCUT2D eigenvalue weighted by molar-refractivity contribution is 0.0604. The number of aliphatic hydroxyl groups is 1. The molecule has 100 valence electrons. The van der Waals surface area contributed by atoms with Crippen molar-refractivity contribution in [3.63, 3.8) is 0 Å². The molecular formula is C13H20N2O3. The van der Waals surface area contributed by atoms with Crippen molar-refractivity contribution in [2.45, 2.75) is 38.3 Å². The first-order valence-electron chi connectivity index (χ1n) is 6.47. The van der Waals surface area contributed by atoms with Gasteiger partial charge in [-0.1, -0.05) is 12.8 Å².